The van der Waals surface area contributed by atoms with E-state index in [9.17, 15) is 14.4 Å². The highest BCUT2D eigenvalue weighted by Gasteiger charge is 2.38. The first-order valence-electron chi connectivity index (χ1n) is 10.9. The fourth-order valence-electron chi connectivity index (χ4n) is 4.44. The van der Waals surface area contributed by atoms with Gasteiger partial charge in [0.2, 0.25) is 11.7 Å². The minimum Gasteiger partial charge on any atom is -0.486 e. The van der Waals surface area contributed by atoms with Crippen LogP contribution in [0.5, 0.6) is 11.5 Å². The van der Waals surface area contributed by atoms with Crippen LogP contribution in [0.15, 0.2) is 42.5 Å². The summed E-state index contributed by atoms with van der Waals surface area (Å²) in [5.41, 5.74) is 2.74. The van der Waals surface area contributed by atoms with Crippen LogP contribution >= 0.6 is 0 Å². The zero-order valence-corrected chi connectivity index (χ0v) is 18.4. The number of nitrogens with zero attached hydrogens (tertiary/aromatic N) is 1. The van der Waals surface area contributed by atoms with Crippen LogP contribution in [0.1, 0.15) is 29.4 Å². The standard InChI is InChI=1S/C25H24N2O6/c1-14-23(18-5-3-4-6-19(18)26-14)24(29)15(2)33-25(30)16-11-22(28)27(13-16)17-7-8-20-21(12-17)32-10-9-31-20/h3-8,12,15-16,26H,9-11,13H2,1-2H3/t15-,16+/m1/s1. The number of para-hydroxylation sites is 1. The first kappa shape index (κ1) is 21.1. The molecular formula is C25H24N2O6. The second kappa shape index (κ2) is 8.27. The molecule has 170 valence electrons. The first-order valence-corrected chi connectivity index (χ1v) is 10.9. The number of carbonyl (C=O) groups is 3. The third kappa shape index (κ3) is 3.82. The van der Waals surface area contributed by atoms with E-state index in [0.29, 0.717) is 36.0 Å². The second-order valence-electron chi connectivity index (χ2n) is 8.35. The van der Waals surface area contributed by atoms with Gasteiger partial charge in [-0.15, -0.1) is 0 Å². The smallest absolute Gasteiger partial charge is 0.312 e. The van der Waals surface area contributed by atoms with Gasteiger partial charge in [0.25, 0.3) is 0 Å². The van der Waals surface area contributed by atoms with Gasteiger partial charge in [-0.3, -0.25) is 14.4 Å². The number of ether oxygens (including phenoxy) is 3. The number of benzene rings is 2. The molecule has 33 heavy (non-hydrogen) atoms. The van der Waals surface area contributed by atoms with E-state index in [1.165, 1.54) is 0 Å². The largest absolute Gasteiger partial charge is 0.486 e. The van der Waals surface area contributed by atoms with Gasteiger partial charge in [0.15, 0.2) is 17.6 Å². The number of hydrogen-bond acceptors (Lipinski definition) is 6. The minimum absolute atomic E-state index is 0.0281. The van der Waals surface area contributed by atoms with E-state index in [1.807, 2.05) is 31.2 Å². The molecule has 0 bridgehead atoms. The van der Waals surface area contributed by atoms with Crippen molar-refractivity contribution >= 4 is 34.3 Å². The Morgan fingerprint density at radius 3 is 2.70 bits per heavy atom. The molecule has 2 atom stereocenters. The Morgan fingerprint density at radius 2 is 1.88 bits per heavy atom. The number of aryl methyl sites for hydroxylation is 1. The molecule has 1 aromatic heterocycles. The highest BCUT2D eigenvalue weighted by Crippen LogP contribution is 2.36. The van der Waals surface area contributed by atoms with Crippen molar-refractivity contribution in [3.63, 3.8) is 0 Å². The summed E-state index contributed by atoms with van der Waals surface area (Å²) >= 11 is 0. The number of hydrogen-bond donors (Lipinski definition) is 1. The minimum atomic E-state index is -0.964. The summed E-state index contributed by atoms with van der Waals surface area (Å²) in [5, 5.41) is 0.795. The van der Waals surface area contributed by atoms with E-state index >= 15 is 0 Å². The molecule has 0 radical (unpaired) electrons. The number of anilines is 1. The van der Waals surface area contributed by atoms with Gasteiger partial charge in [0.1, 0.15) is 13.2 Å². The average Bonchev–Trinajstić information content (AvgIpc) is 3.37. The van der Waals surface area contributed by atoms with Crippen molar-refractivity contribution in [3.05, 3.63) is 53.7 Å². The number of amides is 1. The zero-order chi connectivity index (χ0) is 23.1. The molecule has 5 rings (SSSR count). The summed E-state index contributed by atoms with van der Waals surface area (Å²) in [6.45, 7) is 4.50. The predicted octanol–water partition coefficient (Wildman–Crippen LogP) is 3.42. The first-order chi connectivity index (χ1) is 15.9. The fourth-order valence-corrected chi connectivity index (χ4v) is 4.44. The third-order valence-electron chi connectivity index (χ3n) is 6.10. The lowest BCUT2D eigenvalue weighted by atomic mass is 10.0. The summed E-state index contributed by atoms with van der Waals surface area (Å²) in [7, 11) is 0. The maximum Gasteiger partial charge on any atom is 0.312 e. The van der Waals surface area contributed by atoms with Gasteiger partial charge < -0.3 is 24.1 Å². The molecule has 0 saturated carbocycles. The van der Waals surface area contributed by atoms with Crippen LogP contribution in [0.2, 0.25) is 0 Å². The van der Waals surface area contributed by atoms with E-state index < -0.39 is 18.0 Å². The molecule has 0 spiro atoms. The molecule has 1 saturated heterocycles. The number of Topliss-reactive ketones (excluding diaryl/α,β-unsaturated/α-hetero) is 1. The van der Waals surface area contributed by atoms with E-state index in [4.69, 9.17) is 14.2 Å². The molecule has 2 aliphatic rings. The number of fused-ring (bicyclic) bond motifs is 2. The van der Waals surface area contributed by atoms with Gasteiger partial charge >= 0.3 is 5.97 Å². The second-order valence-corrected chi connectivity index (χ2v) is 8.35. The van der Waals surface area contributed by atoms with Gasteiger partial charge in [-0.1, -0.05) is 18.2 Å². The summed E-state index contributed by atoms with van der Waals surface area (Å²) in [6, 6.07) is 12.8. The Balaban J connectivity index is 1.28. The van der Waals surface area contributed by atoms with E-state index in [0.717, 1.165) is 16.6 Å². The molecule has 1 N–H and O–H groups in total. The Hall–Kier alpha value is -3.81. The maximum absolute atomic E-state index is 13.1. The van der Waals surface area contributed by atoms with E-state index in [2.05, 4.69) is 4.98 Å². The van der Waals surface area contributed by atoms with E-state index in [1.54, 1.807) is 30.0 Å². The number of rotatable bonds is 5. The molecule has 1 fully saturated rings. The van der Waals surface area contributed by atoms with Gasteiger partial charge in [-0.05, 0) is 32.0 Å². The van der Waals surface area contributed by atoms with Crippen molar-refractivity contribution in [2.24, 2.45) is 5.92 Å². The highest BCUT2D eigenvalue weighted by molar-refractivity contribution is 6.11. The Kier molecular flexibility index (Phi) is 5.28. The quantitative estimate of drug-likeness (QED) is 0.475. The monoisotopic (exact) mass is 448 g/mol. The lowest BCUT2D eigenvalue weighted by Gasteiger charge is -2.22. The molecule has 0 unspecified atom stereocenters. The molecule has 1 amide bonds. The SMILES string of the molecule is Cc1[nH]c2ccccc2c1C(=O)[C@@H](C)OC(=O)[C@H]1CC(=O)N(c2ccc3c(c2)OCCO3)C1. The van der Waals surface area contributed by atoms with Crippen LogP contribution in [-0.2, 0) is 14.3 Å². The van der Waals surface area contributed by atoms with Crippen LogP contribution in [-0.4, -0.2) is 48.5 Å². The Labute approximate surface area is 190 Å². The number of H-pyrrole nitrogens is 1. The normalized spacial score (nSPS) is 18.4. The number of nitrogens with one attached hydrogen (secondary N) is 1. The molecule has 2 aliphatic heterocycles. The number of carbonyl (C=O) groups excluding carboxylic acids is 3. The zero-order valence-electron chi connectivity index (χ0n) is 18.4. The summed E-state index contributed by atoms with van der Waals surface area (Å²) in [6.07, 6.45) is -0.936. The maximum atomic E-state index is 13.1. The fraction of sp³-hybridized carbons (Fsp3) is 0.320. The lowest BCUT2D eigenvalue weighted by Crippen LogP contribution is -2.30. The van der Waals surface area contributed by atoms with Crippen LogP contribution < -0.4 is 14.4 Å². The van der Waals surface area contributed by atoms with Crippen molar-refractivity contribution in [3.8, 4) is 11.5 Å². The summed E-state index contributed by atoms with van der Waals surface area (Å²) in [4.78, 5) is 43.3. The van der Waals surface area contributed by atoms with Crippen molar-refractivity contribution in [2.75, 3.05) is 24.7 Å². The van der Waals surface area contributed by atoms with Crippen LogP contribution in [0, 0.1) is 12.8 Å². The van der Waals surface area contributed by atoms with Crippen LogP contribution in [0.4, 0.5) is 5.69 Å². The van der Waals surface area contributed by atoms with Crippen LogP contribution in [0.25, 0.3) is 10.9 Å². The number of aromatic nitrogens is 1. The van der Waals surface area contributed by atoms with Crippen molar-refractivity contribution < 1.29 is 28.6 Å². The van der Waals surface area contributed by atoms with E-state index in [-0.39, 0.29) is 24.7 Å². The molecule has 0 aliphatic carbocycles. The van der Waals surface area contributed by atoms with Gasteiger partial charge in [-0.2, -0.15) is 0 Å². The lowest BCUT2D eigenvalue weighted by molar-refractivity contribution is -0.151. The molecule has 8 nitrogen and oxygen atoms in total. The van der Waals surface area contributed by atoms with Crippen molar-refractivity contribution in [1.29, 1.82) is 0 Å². The topological polar surface area (TPSA) is 97.9 Å². The van der Waals surface area contributed by atoms with Crippen LogP contribution in [0.3, 0.4) is 0 Å². The molecular weight excluding hydrogens is 424 g/mol. The number of aromatic amines is 1. The number of ketones is 1. The Morgan fingerprint density at radius 1 is 1.12 bits per heavy atom. The molecule has 3 heterocycles. The van der Waals surface area contributed by atoms with Gasteiger partial charge in [-0.25, -0.2) is 0 Å². The predicted molar refractivity (Wildman–Crippen MR) is 121 cm³/mol. The Bertz CT molecular complexity index is 1260. The average molecular weight is 448 g/mol. The van der Waals surface area contributed by atoms with Gasteiger partial charge in [0.05, 0.1) is 5.92 Å². The molecule has 8 heteroatoms. The molecule has 2 aromatic carbocycles. The summed E-state index contributed by atoms with van der Waals surface area (Å²) < 4.78 is 16.6. The summed E-state index contributed by atoms with van der Waals surface area (Å²) in [5.74, 6) is -0.448. The highest BCUT2D eigenvalue weighted by atomic mass is 16.6. The molecule has 3 aromatic rings. The van der Waals surface area contributed by atoms with Gasteiger partial charge in [0, 0.05) is 46.9 Å². The van der Waals surface area contributed by atoms with Crippen molar-refractivity contribution in [2.45, 2.75) is 26.4 Å². The number of esters is 1. The van der Waals surface area contributed by atoms with Crippen molar-refractivity contribution in [1.82, 2.24) is 4.98 Å². The third-order valence-corrected chi connectivity index (χ3v) is 6.10.